The first kappa shape index (κ1) is 20.0. The number of nitrogens with one attached hydrogen (secondary N) is 1. The summed E-state index contributed by atoms with van der Waals surface area (Å²) in [6, 6.07) is 18.5. The number of piperidine rings is 1. The van der Waals surface area contributed by atoms with E-state index in [-0.39, 0.29) is 0 Å². The summed E-state index contributed by atoms with van der Waals surface area (Å²) in [4.78, 5) is 15.2. The molecule has 4 aromatic rings. The lowest BCUT2D eigenvalue weighted by Crippen LogP contribution is -2.28. The first-order valence-electron chi connectivity index (χ1n) is 10.9. The quantitative estimate of drug-likeness (QED) is 0.441. The fraction of sp³-hybridized carbons (Fsp3) is 0.280. The van der Waals surface area contributed by atoms with Crippen molar-refractivity contribution in [1.29, 1.82) is 0 Å². The highest BCUT2D eigenvalue weighted by Gasteiger charge is 2.13. The van der Waals surface area contributed by atoms with Gasteiger partial charge in [0.2, 0.25) is 0 Å². The van der Waals surface area contributed by atoms with Crippen LogP contribution in [0.4, 0.5) is 5.82 Å². The summed E-state index contributed by atoms with van der Waals surface area (Å²) in [6.07, 6.45) is 4.53. The zero-order valence-electron chi connectivity index (χ0n) is 17.4. The molecular weight excluding hydrogens is 406 g/mol. The van der Waals surface area contributed by atoms with Gasteiger partial charge in [-0.1, -0.05) is 60.5 Å². The van der Waals surface area contributed by atoms with E-state index in [2.05, 4.69) is 39.1 Å². The Morgan fingerprint density at radius 2 is 1.74 bits per heavy atom. The molecule has 5 rings (SSSR count). The Hall–Kier alpha value is -2.89. The number of hydrogen-bond donors (Lipinski definition) is 2. The minimum absolute atomic E-state index is 0.483. The number of anilines is 1. The van der Waals surface area contributed by atoms with Crippen LogP contribution in [0.5, 0.6) is 0 Å². The lowest BCUT2D eigenvalue weighted by Gasteiger charge is -2.26. The van der Waals surface area contributed by atoms with Crippen LogP contribution in [-0.2, 0) is 13.0 Å². The number of benzene rings is 2. The smallest absolute Gasteiger partial charge is 0.143 e. The molecule has 0 atom stereocenters. The van der Waals surface area contributed by atoms with Gasteiger partial charge in [-0.25, -0.2) is 9.97 Å². The third-order valence-corrected chi connectivity index (χ3v) is 6.36. The normalized spacial score (nSPS) is 14.9. The van der Waals surface area contributed by atoms with Crippen molar-refractivity contribution >= 4 is 28.5 Å². The van der Waals surface area contributed by atoms with Crippen molar-refractivity contribution in [3.63, 3.8) is 0 Å². The van der Waals surface area contributed by atoms with Crippen molar-refractivity contribution in [2.75, 3.05) is 18.8 Å². The van der Waals surface area contributed by atoms with Crippen LogP contribution in [-0.4, -0.2) is 32.9 Å². The van der Waals surface area contributed by atoms with E-state index in [4.69, 9.17) is 22.3 Å². The number of nitrogen functional groups attached to an aromatic ring is 1. The van der Waals surface area contributed by atoms with Crippen molar-refractivity contribution in [3.05, 3.63) is 76.6 Å². The maximum atomic E-state index is 6.29. The van der Waals surface area contributed by atoms with E-state index in [1.54, 1.807) is 0 Å². The van der Waals surface area contributed by atoms with Crippen molar-refractivity contribution in [2.45, 2.75) is 32.2 Å². The molecule has 158 valence electrons. The van der Waals surface area contributed by atoms with Gasteiger partial charge in [0.15, 0.2) is 0 Å². The molecule has 5 nitrogen and oxygen atoms in total. The molecule has 3 N–H and O–H groups in total. The number of fused-ring (bicyclic) bond motifs is 1. The Morgan fingerprint density at radius 1 is 0.968 bits per heavy atom. The summed E-state index contributed by atoms with van der Waals surface area (Å²) in [5.41, 5.74) is 11.5. The summed E-state index contributed by atoms with van der Waals surface area (Å²) in [6.45, 7) is 3.44. The predicted octanol–water partition coefficient (Wildman–Crippen LogP) is 5.44. The summed E-state index contributed by atoms with van der Waals surface area (Å²) in [7, 11) is 0. The van der Waals surface area contributed by atoms with E-state index in [1.807, 2.05) is 30.3 Å². The molecule has 3 heterocycles. The topological polar surface area (TPSA) is 70.8 Å². The van der Waals surface area contributed by atoms with Gasteiger partial charge in [0.05, 0.1) is 5.39 Å². The molecule has 0 amide bonds. The van der Waals surface area contributed by atoms with E-state index in [0.29, 0.717) is 23.1 Å². The molecule has 2 aromatic carbocycles. The van der Waals surface area contributed by atoms with Crippen LogP contribution in [0, 0.1) is 0 Å². The van der Waals surface area contributed by atoms with Gasteiger partial charge in [-0.15, -0.1) is 0 Å². The van der Waals surface area contributed by atoms with Crippen LogP contribution in [0.2, 0.25) is 5.02 Å². The molecule has 2 aromatic heterocycles. The van der Waals surface area contributed by atoms with E-state index < -0.39 is 0 Å². The Kier molecular flexibility index (Phi) is 5.62. The van der Waals surface area contributed by atoms with Gasteiger partial charge in [0, 0.05) is 23.7 Å². The van der Waals surface area contributed by atoms with Crippen molar-refractivity contribution in [3.8, 4) is 11.3 Å². The number of nitrogens with two attached hydrogens (primary N) is 1. The van der Waals surface area contributed by atoms with Gasteiger partial charge in [-0.2, -0.15) is 0 Å². The molecular formula is C25H26ClN5. The minimum atomic E-state index is 0.483. The largest absolute Gasteiger partial charge is 0.383 e. The standard InChI is InChI=1S/C25H26ClN5/c26-21-7-3-2-6-19(21)14-23-29-24(27)20-15-22(28-25(20)30-23)18-10-8-17(9-11-18)16-31-12-4-1-5-13-31/h2-3,6-11,15H,1,4-5,12-14,16H2,(H3,27,28,29,30). The Balaban J connectivity index is 1.38. The average Bonchev–Trinajstić information content (AvgIpc) is 3.21. The first-order chi connectivity index (χ1) is 15.2. The van der Waals surface area contributed by atoms with Gasteiger partial charge < -0.3 is 10.7 Å². The molecule has 0 unspecified atom stereocenters. The lowest BCUT2D eigenvalue weighted by molar-refractivity contribution is 0.221. The van der Waals surface area contributed by atoms with Crippen LogP contribution in [0.15, 0.2) is 54.6 Å². The zero-order valence-corrected chi connectivity index (χ0v) is 18.2. The molecule has 0 bridgehead atoms. The fourth-order valence-electron chi connectivity index (χ4n) is 4.29. The van der Waals surface area contributed by atoms with Crippen LogP contribution in [0.25, 0.3) is 22.3 Å². The predicted molar refractivity (Wildman–Crippen MR) is 127 cm³/mol. The van der Waals surface area contributed by atoms with Gasteiger partial charge in [0.25, 0.3) is 0 Å². The molecule has 0 saturated carbocycles. The number of aromatic nitrogens is 3. The number of H-pyrrole nitrogens is 1. The van der Waals surface area contributed by atoms with Crippen LogP contribution >= 0.6 is 11.6 Å². The van der Waals surface area contributed by atoms with Crippen molar-refractivity contribution in [1.82, 2.24) is 19.9 Å². The number of aromatic amines is 1. The van der Waals surface area contributed by atoms with Crippen LogP contribution in [0.1, 0.15) is 36.2 Å². The highest BCUT2D eigenvalue weighted by atomic mass is 35.5. The number of hydrogen-bond acceptors (Lipinski definition) is 4. The molecule has 1 fully saturated rings. The van der Waals surface area contributed by atoms with Gasteiger partial charge in [-0.05, 0) is 54.8 Å². The van der Waals surface area contributed by atoms with Crippen LogP contribution in [0.3, 0.4) is 0 Å². The SMILES string of the molecule is Nc1nc(Cc2ccccc2Cl)nc2[nH]c(-c3ccc(CN4CCCCC4)cc3)cc12. The summed E-state index contributed by atoms with van der Waals surface area (Å²) in [5, 5.41) is 1.55. The molecule has 31 heavy (non-hydrogen) atoms. The molecule has 0 spiro atoms. The molecule has 1 saturated heterocycles. The maximum absolute atomic E-state index is 6.29. The highest BCUT2D eigenvalue weighted by molar-refractivity contribution is 6.31. The van der Waals surface area contributed by atoms with E-state index in [0.717, 1.165) is 34.4 Å². The second kappa shape index (κ2) is 8.69. The average molecular weight is 432 g/mol. The second-order valence-electron chi connectivity index (χ2n) is 8.27. The number of rotatable bonds is 5. The number of halogens is 1. The first-order valence-corrected chi connectivity index (χ1v) is 11.2. The van der Waals surface area contributed by atoms with E-state index in [9.17, 15) is 0 Å². The Bertz CT molecular complexity index is 1190. The Labute approximate surface area is 187 Å². The van der Waals surface area contributed by atoms with E-state index in [1.165, 1.54) is 37.9 Å². The van der Waals surface area contributed by atoms with Crippen molar-refractivity contribution < 1.29 is 0 Å². The van der Waals surface area contributed by atoms with Gasteiger partial charge in [0.1, 0.15) is 17.3 Å². The van der Waals surface area contributed by atoms with E-state index >= 15 is 0 Å². The summed E-state index contributed by atoms with van der Waals surface area (Å²) >= 11 is 6.29. The Morgan fingerprint density at radius 3 is 2.52 bits per heavy atom. The third kappa shape index (κ3) is 4.43. The highest BCUT2D eigenvalue weighted by Crippen LogP contribution is 2.27. The second-order valence-corrected chi connectivity index (χ2v) is 8.68. The van der Waals surface area contributed by atoms with Crippen molar-refractivity contribution in [2.24, 2.45) is 0 Å². The zero-order chi connectivity index (χ0) is 21.2. The molecule has 0 radical (unpaired) electrons. The molecule has 1 aliphatic rings. The molecule has 6 heteroatoms. The number of nitrogens with zero attached hydrogens (tertiary/aromatic N) is 3. The van der Waals surface area contributed by atoms with Gasteiger partial charge >= 0.3 is 0 Å². The lowest BCUT2D eigenvalue weighted by atomic mass is 10.1. The van der Waals surface area contributed by atoms with Crippen LogP contribution < -0.4 is 5.73 Å². The fourth-order valence-corrected chi connectivity index (χ4v) is 4.50. The maximum Gasteiger partial charge on any atom is 0.143 e. The summed E-state index contributed by atoms with van der Waals surface area (Å²) in [5.74, 6) is 1.14. The minimum Gasteiger partial charge on any atom is -0.383 e. The molecule has 1 aliphatic heterocycles. The molecule has 0 aliphatic carbocycles. The summed E-state index contributed by atoms with van der Waals surface area (Å²) < 4.78 is 0. The number of likely N-dealkylation sites (tertiary alicyclic amines) is 1. The third-order valence-electron chi connectivity index (χ3n) is 5.99. The van der Waals surface area contributed by atoms with Gasteiger partial charge in [-0.3, -0.25) is 4.90 Å². The monoisotopic (exact) mass is 431 g/mol.